The molecular formula is C16H23N5. The standard InChI is InChI=1S/C16H23N5/c1-12(16-18-20-21-19-16)17-15(13-8-4-2-5-9-13)14-10-6-3-7-11-14/h2,4-5,8-9,12,14-15,17H,3,6-7,10-11H2,1H3,(H,18,19,20,21). The van der Waals surface area contributed by atoms with Crippen LogP contribution < -0.4 is 5.32 Å². The van der Waals surface area contributed by atoms with Crippen molar-refractivity contribution in [3.05, 3.63) is 41.7 Å². The van der Waals surface area contributed by atoms with E-state index in [2.05, 4.69) is 63.2 Å². The molecule has 1 fully saturated rings. The maximum Gasteiger partial charge on any atom is 0.191 e. The molecule has 2 unspecified atom stereocenters. The Morgan fingerprint density at radius 1 is 1.14 bits per heavy atom. The molecule has 2 atom stereocenters. The molecule has 1 aromatic heterocycles. The second-order valence-corrected chi connectivity index (χ2v) is 5.94. The minimum absolute atomic E-state index is 0.0934. The molecule has 2 N–H and O–H groups in total. The highest BCUT2D eigenvalue weighted by molar-refractivity contribution is 5.20. The Morgan fingerprint density at radius 2 is 1.90 bits per heavy atom. The van der Waals surface area contributed by atoms with E-state index in [9.17, 15) is 0 Å². The second kappa shape index (κ2) is 6.80. The fourth-order valence-electron chi connectivity index (χ4n) is 3.33. The summed E-state index contributed by atoms with van der Waals surface area (Å²) >= 11 is 0. The van der Waals surface area contributed by atoms with Crippen molar-refractivity contribution in [2.24, 2.45) is 5.92 Å². The lowest BCUT2D eigenvalue weighted by Gasteiger charge is -2.33. The van der Waals surface area contributed by atoms with Crippen LogP contribution in [0.4, 0.5) is 0 Å². The zero-order valence-corrected chi connectivity index (χ0v) is 12.5. The molecule has 112 valence electrons. The Labute approximate surface area is 125 Å². The van der Waals surface area contributed by atoms with Gasteiger partial charge in [0.2, 0.25) is 0 Å². The first-order chi connectivity index (χ1) is 10.3. The topological polar surface area (TPSA) is 66.5 Å². The summed E-state index contributed by atoms with van der Waals surface area (Å²) in [6, 6.07) is 11.2. The Kier molecular flexibility index (Phi) is 4.60. The summed E-state index contributed by atoms with van der Waals surface area (Å²) in [5, 5.41) is 18.1. The van der Waals surface area contributed by atoms with Crippen LogP contribution in [-0.2, 0) is 0 Å². The molecule has 1 aliphatic rings. The van der Waals surface area contributed by atoms with Crippen LogP contribution in [0, 0.1) is 5.92 Å². The molecule has 0 radical (unpaired) electrons. The molecule has 2 aromatic rings. The summed E-state index contributed by atoms with van der Waals surface area (Å²) in [4.78, 5) is 0. The van der Waals surface area contributed by atoms with Crippen molar-refractivity contribution >= 4 is 0 Å². The molecular weight excluding hydrogens is 262 g/mol. The van der Waals surface area contributed by atoms with Crippen LogP contribution in [0.2, 0.25) is 0 Å². The first-order valence-corrected chi connectivity index (χ1v) is 7.89. The molecule has 1 saturated carbocycles. The largest absolute Gasteiger partial charge is 0.300 e. The quantitative estimate of drug-likeness (QED) is 0.885. The van der Waals surface area contributed by atoms with Crippen LogP contribution in [0.1, 0.15) is 62.5 Å². The molecule has 0 amide bonds. The summed E-state index contributed by atoms with van der Waals surface area (Å²) in [5.41, 5.74) is 1.36. The van der Waals surface area contributed by atoms with Gasteiger partial charge in [0.1, 0.15) is 0 Å². The van der Waals surface area contributed by atoms with Crippen molar-refractivity contribution in [1.29, 1.82) is 0 Å². The number of nitrogens with zero attached hydrogens (tertiary/aromatic N) is 3. The first-order valence-electron chi connectivity index (χ1n) is 7.89. The van der Waals surface area contributed by atoms with Crippen LogP contribution >= 0.6 is 0 Å². The Morgan fingerprint density at radius 3 is 2.57 bits per heavy atom. The summed E-state index contributed by atoms with van der Waals surface area (Å²) in [7, 11) is 0. The Hall–Kier alpha value is -1.75. The normalized spacial score (nSPS) is 19.3. The number of rotatable bonds is 5. The number of nitrogens with one attached hydrogen (secondary N) is 2. The van der Waals surface area contributed by atoms with E-state index in [-0.39, 0.29) is 6.04 Å². The van der Waals surface area contributed by atoms with Crippen molar-refractivity contribution in [1.82, 2.24) is 25.9 Å². The highest BCUT2D eigenvalue weighted by atomic mass is 15.5. The van der Waals surface area contributed by atoms with E-state index < -0.39 is 0 Å². The van der Waals surface area contributed by atoms with E-state index in [4.69, 9.17) is 0 Å². The van der Waals surface area contributed by atoms with Gasteiger partial charge in [-0.1, -0.05) is 54.8 Å². The SMILES string of the molecule is CC(NC(c1ccccc1)C1CCCCC1)c1nn[nH]n1. The number of H-pyrrole nitrogens is 1. The van der Waals surface area contributed by atoms with E-state index in [1.807, 2.05) is 0 Å². The number of aromatic nitrogens is 4. The smallest absolute Gasteiger partial charge is 0.191 e. The zero-order chi connectivity index (χ0) is 14.5. The average Bonchev–Trinajstić information content (AvgIpc) is 3.09. The summed E-state index contributed by atoms with van der Waals surface area (Å²) in [6.45, 7) is 2.10. The summed E-state index contributed by atoms with van der Waals surface area (Å²) < 4.78 is 0. The van der Waals surface area contributed by atoms with Crippen LogP contribution in [0.25, 0.3) is 0 Å². The third-order valence-electron chi connectivity index (χ3n) is 4.46. The fraction of sp³-hybridized carbons (Fsp3) is 0.562. The molecule has 0 saturated heterocycles. The molecule has 1 heterocycles. The Balaban J connectivity index is 1.78. The third kappa shape index (κ3) is 3.47. The van der Waals surface area contributed by atoms with Gasteiger partial charge >= 0.3 is 0 Å². The van der Waals surface area contributed by atoms with E-state index in [1.165, 1.54) is 37.7 Å². The van der Waals surface area contributed by atoms with Crippen molar-refractivity contribution in [3.63, 3.8) is 0 Å². The number of tetrazole rings is 1. The molecule has 0 spiro atoms. The van der Waals surface area contributed by atoms with Gasteiger partial charge in [0.25, 0.3) is 0 Å². The minimum atomic E-state index is 0.0934. The fourth-order valence-corrected chi connectivity index (χ4v) is 3.33. The Bertz CT molecular complexity index is 519. The second-order valence-electron chi connectivity index (χ2n) is 5.94. The van der Waals surface area contributed by atoms with Gasteiger partial charge in [0.15, 0.2) is 5.82 Å². The van der Waals surface area contributed by atoms with Crippen LogP contribution in [0.3, 0.4) is 0 Å². The molecule has 1 aromatic carbocycles. The molecule has 0 bridgehead atoms. The number of aromatic amines is 1. The van der Waals surface area contributed by atoms with Crippen molar-refractivity contribution in [2.45, 2.75) is 51.1 Å². The molecule has 3 rings (SSSR count). The van der Waals surface area contributed by atoms with Crippen LogP contribution in [0.5, 0.6) is 0 Å². The molecule has 1 aliphatic carbocycles. The molecule has 21 heavy (non-hydrogen) atoms. The van der Waals surface area contributed by atoms with Gasteiger partial charge in [-0.05, 0) is 31.2 Å². The van der Waals surface area contributed by atoms with Gasteiger partial charge in [0, 0.05) is 6.04 Å². The maximum atomic E-state index is 4.10. The van der Waals surface area contributed by atoms with E-state index in [0.717, 1.165) is 5.82 Å². The van der Waals surface area contributed by atoms with E-state index in [1.54, 1.807) is 0 Å². The lowest BCUT2D eigenvalue weighted by Crippen LogP contribution is -2.32. The minimum Gasteiger partial charge on any atom is -0.300 e. The van der Waals surface area contributed by atoms with Crippen LogP contribution in [-0.4, -0.2) is 20.6 Å². The van der Waals surface area contributed by atoms with Gasteiger partial charge in [-0.2, -0.15) is 5.21 Å². The highest BCUT2D eigenvalue weighted by Crippen LogP contribution is 2.35. The van der Waals surface area contributed by atoms with Gasteiger partial charge < -0.3 is 5.32 Å². The highest BCUT2D eigenvalue weighted by Gasteiger charge is 2.27. The van der Waals surface area contributed by atoms with E-state index >= 15 is 0 Å². The number of benzene rings is 1. The van der Waals surface area contributed by atoms with Gasteiger partial charge in [0.05, 0.1) is 6.04 Å². The predicted octanol–water partition coefficient (Wildman–Crippen LogP) is 3.17. The molecule has 5 nitrogen and oxygen atoms in total. The zero-order valence-electron chi connectivity index (χ0n) is 12.5. The summed E-state index contributed by atoms with van der Waals surface area (Å²) in [6.07, 6.45) is 6.65. The monoisotopic (exact) mass is 285 g/mol. The third-order valence-corrected chi connectivity index (χ3v) is 4.46. The van der Waals surface area contributed by atoms with Gasteiger partial charge in [-0.3, -0.25) is 0 Å². The van der Waals surface area contributed by atoms with Crippen molar-refractivity contribution in [2.75, 3.05) is 0 Å². The lowest BCUT2D eigenvalue weighted by atomic mass is 9.81. The van der Waals surface area contributed by atoms with Gasteiger partial charge in [-0.15, -0.1) is 10.2 Å². The lowest BCUT2D eigenvalue weighted by molar-refractivity contribution is 0.255. The number of hydrogen-bond acceptors (Lipinski definition) is 4. The first kappa shape index (κ1) is 14.2. The molecule has 5 heteroatoms. The number of hydrogen-bond donors (Lipinski definition) is 2. The maximum absolute atomic E-state index is 4.10. The van der Waals surface area contributed by atoms with Gasteiger partial charge in [-0.25, -0.2) is 0 Å². The predicted molar refractivity (Wildman–Crippen MR) is 81.5 cm³/mol. The van der Waals surface area contributed by atoms with E-state index in [0.29, 0.717) is 12.0 Å². The van der Waals surface area contributed by atoms with Crippen LogP contribution in [0.15, 0.2) is 30.3 Å². The van der Waals surface area contributed by atoms with Crippen molar-refractivity contribution in [3.8, 4) is 0 Å². The van der Waals surface area contributed by atoms with Crippen molar-refractivity contribution < 1.29 is 0 Å². The average molecular weight is 285 g/mol. The molecule has 0 aliphatic heterocycles. The summed E-state index contributed by atoms with van der Waals surface area (Å²) in [5.74, 6) is 1.42.